The quantitative estimate of drug-likeness (QED) is 0.843. The number of alkyl halides is 3. The number of hydrogen-bond donors (Lipinski definition) is 1. The Morgan fingerprint density at radius 2 is 1.78 bits per heavy atom. The van der Waals surface area contributed by atoms with E-state index in [0.717, 1.165) is 0 Å². The van der Waals surface area contributed by atoms with Crippen molar-refractivity contribution < 1.29 is 17.9 Å². The van der Waals surface area contributed by atoms with Crippen LogP contribution in [0.4, 0.5) is 13.2 Å². The van der Waals surface area contributed by atoms with Crippen molar-refractivity contribution in [3.8, 4) is 5.75 Å². The molecule has 0 saturated carbocycles. The molecule has 18 heavy (non-hydrogen) atoms. The van der Waals surface area contributed by atoms with Crippen LogP contribution in [0.2, 0.25) is 0 Å². The highest BCUT2D eigenvalue weighted by Gasteiger charge is 2.32. The molecular formula is C13H18F3NO. The molecule has 0 aromatic heterocycles. The van der Waals surface area contributed by atoms with Gasteiger partial charge in [0.25, 0.3) is 0 Å². The fourth-order valence-electron chi connectivity index (χ4n) is 1.75. The Balaban J connectivity index is 2.78. The molecule has 102 valence electrons. The van der Waals surface area contributed by atoms with Gasteiger partial charge in [-0.3, -0.25) is 0 Å². The van der Waals surface area contributed by atoms with E-state index in [2.05, 4.69) is 5.32 Å². The first kappa shape index (κ1) is 14.8. The van der Waals surface area contributed by atoms with Crippen molar-refractivity contribution in [2.45, 2.75) is 32.5 Å². The second kappa shape index (κ2) is 6.64. The van der Waals surface area contributed by atoms with Crippen LogP contribution in [0, 0.1) is 0 Å². The maximum Gasteiger partial charge on any atom is 0.390 e. The highest BCUT2D eigenvalue weighted by molar-refractivity contribution is 5.29. The minimum absolute atomic E-state index is 0.494. The molecule has 0 radical (unpaired) electrons. The molecule has 5 heteroatoms. The number of hydrogen-bond acceptors (Lipinski definition) is 2. The van der Waals surface area contributed by atoms with E-state index < -0.39 is 18.6 Å². The summed E-state index contributed by atoms with van der Waals surface area (Å²) in [5.74, 6) is 0.670. The molecule has 2 nitrogen and oxygen atoms in total. The molecule has 0 amide bonds. The summed E-state index contributed by atoms with van der Waals surface area (Å²) in [4.78, 5) is 0. The first-order valence-electron chi connectivity index (χ1n) is 5.99. The Morgan fingerprint density at radius 1 is 1.17 bits per heavy atom. The summed E-state index contributed by atoms with van der Waals surface area (Å²) in [5.41, 5.74) is 0.623. The van der Waals surface area contributed by atoms with E-state index in [4.69, 9.17) is 4.74 Å². The zero-order valence-corrected chi connectivity index (χ0v) is 10.6. The summed E-state index contributed by atoms with van der Waals surface area (Å²) in [6.07, 6.45) is -5.04. The molecule has 1 rings (SSSR count). The summed E-state index contributed by atoms with van der Waals surface area (Å²) >= 11 is 0. The normalized spacial score (nSPS) is 13.4. The molecule has 0 heterocycles. The Kier molecular flexibility index (Phi) is 5.47. The van der Waals surface area contributed by atoms with Gasteiger partial charge in [0.1, 0.15) is 5.75 Å². The van der Waals surface area contributed by atoms with Crippen LogP contribution < -0.4 is 10.1 Å². The third-order valence-electron chi connectivity index (χ3n) is 2.48. The topological polar surface area (TPSA) is 21.3 Å². The molecule has 0 saturated heterocycles. The lowest BCUT2D eigenvalue weighted by atomic mass is 10.0. The van der Waals surface area contributed by atoms with Gasteiger partial charge in [0.15, 0.2) is 0 Å². The average Bonchev–Trinajstić information content (AvgIpc) is 2.28. The van der Waals surface area contributed by atoms with Gasteiger partial charge in [-0.2, -0.15) is 13.2 Å². The highest BCUT2D eigenvalue weighted by atomic mass is 19.4. The van der Waals surface area contributed by atoms with Crippen molar-refractivity contribution in [1.82, 2.24) is 5.32 Å². The van der Waals surface area contributed by atoms with Crippen molar-refractivity contribution in [2.24, 2.45) is 0 Å². The molecule has 0 aliphatic rings. The lowest BCUT2D eigenvalue weighted by Crippen LogP contribution is -2.26. The summed E-state index contributed by atoms with van der Waals surface area (Å²) in [7, 11) is 0. The zero-order chi connectivity index (χ0) is 13.6. The van der Waals surface area contributed by atoms with Crippen molar-refractivity contribution in [2.75, 3.05) is 13.2 Å². The largest absolute Gasteiger partial charge is 0.494 e. The Labute approximate surface area is 105 Å². The van der Waals surface area contributed by atoms with Gasteiger partial charge in [-0.25, -0.2) is 0 Å². The molecule has 1 aromatic rings. The van der Waals surface area contributed by atoms with Crippen LogP contribution in [0.15, 0.2) is 24.3 Å². The van der Waals surface area contributed by atoms with E-state index in [9.17, 15) is 13.2 Å². The SMILES string of the molecule is CCNC(CC(F)(F)F)c1ccc(OCC)cc1. The average molecular weight is 261 g/mol. The summed E-state index contributed by atoms with van der Waals surface area (Å²) in [6.45, 7) is 4.68. The Morgan fingerprint density at radius 3 is 2.22 bits per heavy atom. The predicted molar refractivity (Wildman–Crippen MR) is 64.7 cm³/mol. The summed E-state index contributed by atoms with van der Waals surface area (Å²) in [5, 5.41) is 2.85. The van der Waals surface area contributed by atoms with Crippen LogP contribution in [0.1, 0.15) is 31.9 Å². The van der Waals surface area contributed by atoms with Crippen molar-refractivity contribution in [3.63, 3.8) is 0 Å². The maximum absolute atomic E-state index is 12.5. The van der Waals surface area contributed by atoms with Gasteiger partial charge in [0, 0.05) is 6.04 Å². The van der Waals surface area contributed by atoms with Gasteiger partial charge in [0.05, 0.1) is 13.0 Å². The van der Waals surface area contributed by atoms with E-state index in [0.29, 0.717) is 24.5 Å². The molecule has 0 fully saturated rings. The summed E-state index contributed by atoms with van der Waals surface area (Å²) < 4.78 is 42.6. The molecule has 1 atom stereocenters. The molecule has 1 N–H and O–H groups in total. The van der Waals surface area contributed by atoms with Crippen molar-refractivity contribution in [1.29, 1.82) is 0 Å². The van der Waals surface area contributed by atoms with Crippen LogP contribution in [-0.2, 0) is 0 Å². The second-order valence-electron chi connectivity index (χ2n) is 3.93. The third-order valence-corrected chi connectivity index (χ3v) is 2.48. The van der Waals surface area contributed by atoms with Crippen molar-refractivity contribution in [3.05, 3.63) is 29.8 Å². The molecule has 1 unspecified atom stereocenters. The van der Waals surface area contributed by atoms with Gasteiger partial charge >= 0.3 is 6.18 Å². The van der Waals surface area contributed by atoms with E-state index in [1.54, 1.807) is 31.2 Å². The van der Waals surface area contributed by atoms with Crippen LogP contribution in [-0.4, -0.2) is 19.3 Å². The van der Waals surface area contributed by atoms with Gasteiger partial charge in [0.2, 0.25) is 0 Å². The summed E-state index contributed by atoms with van der Waals surface area (Å²) in [6, 6.07) is 6.03. The fraction of sp³-hybridized carbons (Fsp3) is 0.538. The zero-order valence-electron chi connectivity index (χ0n) is 10.6. The first-order valence-corrected chi connectivity index (χ1v) is 5.99. The van der Waals surface area contributed by atoms with E-state index in [1.165, 1.54) is 0 Å². The molecule has 0 bridgehead atoms. The van der Waals surface area contributed by atoms with Crippen LogP contribution >= 0.6 is 0 Å². The van der Waals surface area contributed by atoms with Crippen LogP contribution in [0.5, 0.6) is 5.75 Å². The molecule has 1 aromatic carbocycles. The number of ether oxygens (including phenoxy) is 1. The number of benzene rings is 1. The number of nitrogens with one attached hydrogen (secondary N) is 1. The monoisotopic (exact) mass is 261 g/mol. The fourth-order valence-corrected chi connectivity index (χ4v) is 1.75. The van der Waals surface area contributed by atoms with Crippen LogP contribution in [0.3, 0.4) is 0 Å². The minimum Gasteiger partial charge on any atom is -0.494 e. The van der Waals surface area contributed by atoms with E-state index in [1.807, 2.05) is 6.92 Å². The Hall–Kier alpha value is -1.23. The molecule has 0 aliphatic carbocycles. The van der Waals surface area contributed by atoms with Gasteiger partial charge in [-0.05, 0) is 31.2 Å². The Bertz CT molecular complexity index is 348. The van der Waals surface area contributed by atoms with Crippen molar-refractivity contribution >= 4 is 0 Å². The van der Waals surface area contributed by atoms with Crippen LogP contribution in [0.25, 0.3) is 0 Å². The third kappa shape index (κ3) is 4.96. The standard InChI is InChI=1S/C13H18F3NO/c1-3-17-12(9-13(14,15)16)10-5-7-11(8-6-10)18-4-2/h5-8,12,17H,3-4,9H2,1-2H3. The maximum atomic E-state index is 12.5. The van der Waals surface area contributed by atoms with E-state index >= 15 is 0 Å². The van der Waals surface area contributed by atoms with Gasteiger partial charge < -0.3 is 10.1 Å². The number of rotatable bonds is 6. The van der Waals surface area contributed by atoms with E-state index in [-0.39, 0.29) is 0 Å². The highest BCUT2D eigenvalue weighted by Crippen LogP contribution is 2.30. The smallest absolute Gasteiger partial charge is 0.390 e. The molecule has 0 spiro atoms. The number of halogens is 3. The first-order chi connectivity index (χ1) is 8.46. The lowest BCUT2D eigenvalue weighted by molar-refractivity contribution is -0.140. The molecular weight excluding hydrogens is 243 g/mol. The molecule has 0 aliphatic heterocycles. The lowest BCUT2D eigenvalue weighted by Gasteiger charge is -2.20. The second-order valence-corrected chi connectivity index (χ2v) is 3.93. The minimum atomic E-state index is -4.18. The predicted octanol–water partition coefficient (Wildman–Crippen LogP) is 3.69. The van der Waals surface area contributed by atoms with Gasteiger partial charge in [-0.15, -0.1) is 0 Å². The van der Waals surface area contributed by atoms with Gasteiger partial charge in [-0.1, -0.05) is 19.1 Å².